The number of nitrogens with one attached hydrogen (secondary N) is 1. The number of ether oxygens (including phenoxy) is 1. The molecule has 1 fully saturated rings. The zero-order chi connectivity index (χ0) is 20.0. The van der Waals surface area contributed by atoms with Crippen LogP contribution in [0.25, 0.3) is 0 Å². The predicted molar refractivity (Wildman–Crippen MR) is 98.7 cm³/mol. The Labute approximate surface area is 157 Å². The number of carbonyl (C=O) groups excluding carboxylic acids is 1. The van der Waals surface area contributed by atoms with E-state index in [1.54, 1.807) is 23.1 Å². The van der Waals surface area contributed by atoms with Crippen molar-refractivity contribution >= 4 is 23.2 Å². The lowest BCUT2D eigenvalue weighted by molar-refractivity contribution is 0.0240. The Balaban J connectivity index is 2.10. The Morgan fingerprint density at radius 3 is 2.41 bits per heavy atom. The normalized spacial score (nSPS) is 14.0. The average molecular weight is 372 g/mol. The van der Waals surface area contributed by atoms with Crippen LogP contribution in [-0.2, 0) is 4.74 Å². The molecule has 142 valence electrons. The molecule has 1 aliphatic rings. The largest absolute Gasteiger partial charge is 0.444 e. The number of carbonyl (C=O) groups is 1. The topological polar surface area (TPSA) is 105 Å². The van der Waals surface area contributed by atoms with Crippen LogP contribution in [0.3, 0.4) is 0 Å². The first-order chi connectivity index (χ1) is 12.7. The molecule has 0 unspecified atom stereocenters. The van der Waals surface area contributed by atoms with Crippen molar-refractivity contribution in [2.75, 3.05) is 36.5 Å². The summed E-state index contributed by atoms with van der Waals surface area (Å²) in [6, 6.07) is 7.42. The van der Waals surface area contributed by atoms with Gasteiger partial charge in [0.15, 0.2) is 0 Å². The van der Waals surface area contributed by atoms with Gasteiger partial charge in [-0.05, 0) is 32.9 Å². The number of hydrazone groups is 1. The van der Waals surface area contributed by atoms with Gasteiger partial charge >= 0.3 is 6.09 Å². The van der Waals surface area contributed by atoms with Gasteiger partial charge in [-0.3, -0.25) is 5.43 Å². The fourth-order valence-corrected chi connectivity index (χ4v) is 2.52. The molecule has 0 spiro atoms. The van der Waals surface area contributed by atoms with E-state index in [9.17, 15) is 9.18 Å². The highest BCUT2D eigenvalue weighted by Gasteiger charge is 2.26. The second kappa shape index (κ2) is 8.37. The molecule has 0 bridgehead atoms. The second-order valence-corrected chi connectivity index (χ2v) is 6.91. The van der Waals surface area contributed by atoms with Gasteiger partial charge in [-0.2, -0.15) is 15.6 Å². The molecule has 0 radical (unpaired) electrons. The fourth-order valence-electron chi connectivity index (χ4n) is 2.52. The van der Waals surface area contributed by atoms with Crippen molar-refractivity contribution in [3.8, 4) is 12.1 Å². The number of nitriles is 2. The molecule has 8 nitrogen and oxygen atoms in total. The molecule has 1 aliphatic heterocycles. The molecule has 0 saturated carbocycles. The third kappa shape index (κ3) is 5.58. The zero-order valence-corrected chi connectivity index (χ0v) is 15.5. The van der Waals surface area contributed by atoms with Crippen LogP contribution < -0.4 is 10.3 Å². The van der Waals surface area contributed by atoms with Crippen LogP contribution in [0.2, 0.25) is 0 Å². The lowest BCUT2D eigenvalue weighted by Crippen LogP contribution is -2.50. The van der Waals surface area contributed by atoms with E-state index in [-0.39, 0.29) is 11.8 Å². The second-order valence-electron chi connectivity index (χ2n) is 6.91. The summed E-state index contributed by atoms with van der Waals surface area (Å²) in [4.78, 5) is 15.8. The minimum Gasteiger partial charge on any atom is -0.444 e. The Morgan fingerprint density at radius 2 is 1.85 bits per heavy atom. The van der Waals surface area contributed by atoms with Gasteiger partial charge in [-0.25, -0.2) is 9.18 Å². The van der Waals surface area contributed by atoms with Crippen molar-refractivity contribution in [3.05, 3.63) is 24.0 Å². The van der Waals surface area contributed by atoms with E-state index in [0.717, 1.165) is 0 Å². The fraction of sp³-hybridized carbons (Fsp3) is 0.444. The molecule has 0 atom stereocenters. The van der Waals surface area contributed by atoms with Crippen LogP contribution in [0, 0.1) is 28.5 Å². The lowest BCUT2D eigenvalue weighted by atomic mass is 10.2. The first-order valence-electron chi connectivity index (χ1n) is 8.40. The Hall–Kier alpha value is -3.33. The number of amides is 1. The van der Waals surface area contributed by atoms with Crippen molar-refractivity contribution in [2.24, 2.45) is 5.10 Å². The Bertz CT molecular complexity index is 795. The molecule has 1 amide bonds. The minimum absolute atomic E-state index is 0.337. The Morgan fingerprint density at radius 1 is 1.22 bits per heavy atom. The SMILES string of the molecule is CC(C)(C)OC(=O)N1CCN(c2ccc(F)cc2NN=C(C#N)C#N)CC1. The number of halogens is 1. The molecule has 1 aromatic carbocycles. The maximum absolute atomic E-state index is 13.6. The summed E-state index contributed by atoms with van der Waals surface area (Å²) in [5.74, 6) is -0.473. The molecule has 0 aliphatic carbocycles. The lowest BCUT2D eigenvalue weighted by Gasteiger charge is -2.37. The van der Waals surface area contributed by atoms with Crippen molar-refractivity contribution in [1.29, 1.82) is 10.5 Å². The predicted octanol–water partition coefficient (Wildman–Crippen LogP) is 2.70. The molecule has 9 heteroatoms. The average Bonchev–Trinajstić information content (AvgIpc) is 2.61. The maximum Gasteiger partial charge on any atom is 0.410 e. The van der Waals surface area contributed by atoms with Gasteiger partial charge in [0.25, 0.3) is 0 Å². The van der Waals surface area contributed by atoms with E-state index < -0.39 is 11.4 Å². The van der Waals surface area contributed by atoms with E-state index in [0.29, 0.717) is 37.6 Å². The van der Waals surface area contributed by atoms with E-state index in [1.807, 2.05) is 25.7 Å². The van der Waals surface area contributed by atoms with Gasteiger partial charge in [-0.15, -0.1) is 0 Å². The summed E-state index contributed by atoms with van der Waals surface area (Å²) >= 11 is 0. The molecule has 1 aromatic rings. The van der Waals surface area contributed by atoms with Gasteiger partial charge in [0, 0.05) is 32.2 Å². The molecular weight excluding hydrogens is 351 g/mol. The monoisotopic (exact) mass is 372 g/mol. The zero-order valence-electron chi connectivity index (χ0n) is 15.5. The number of rotatable bonds is 3. The van der Waals surface area contributed by atoms with Crippen LogP contribution in [0.15, 0.2) is 23.3 Å². The Kier molecular flexibility index (Phi) is 6.19. The van der Waals surface area contributed by atoms with Gasteiger partial charge in [0.1, 0.15) is 23.6 Å². The highest BCUT2D eigenvalue weighted by Crippen LogP contribution is 2.28. The number of hydrogen-bond acceptors (Lipinski definition) is 7. The van der Waals surface area contributed by atoms with Gasteiger partial charge in [0.2, 0.25) is 5.71 Å². The number of hydrogen-bond donors (Lipinski definition) is 1. The molecule has 1 heterocycles. The van der Waals surface area contributed by atoms with Crippen LogP contribution in [0.5, 0.6) is 0 Å². The molecule has 27 heavy (non-hydrogen) atoms. The number of benzene rings is 1. The summed E-state index contributed by atoms with van der Waals surface area (Å²) in [6.07, 6.45) is -0.364. The van der Waals surface area contributed by atoms with Crippen molar-refractivity contribution in [1.82, 2.24) is 4.90 Å². The molecule has 1 saturated heterocycles. The third-order valence-corrected chi connectivity index (χ3v) is 3.73. The van der Waals surface area contributed by atoms with Crippen molar-refractivity contribution < 1.29 is 13.9 Å². The third-order valence-electron chi connectivity index (χ3n) is 3.73. The summed E-state index contributed by atoms with van der Waals surface area (Å²) < 4.78 is 19.0. The smallest absolute Gasteiger partial charge is 0.410 e. The van der Waals surface area contributed by atoms with Crippen LogP contribution in [-0.4, -0.2) is 48.5 Å². The van der Waals surface area contributed by atoms with Gasteiger partial charge < -0.3 is 14.5 Å². The van der Waals surface area contributed by atoms with E-state index in [1.165, 1.54) is 12.1 Å². The molecule has 0 aromatic heterocycles. The van der Waals surface area contributed by atoms with E-state index in [4.69, 9.17) is 15.3 Å². The molecular formula is C18H21FN6O2. The maximum atomic E-state index is 13.6. The summed E-state index contributed by atoms with van der Waals surface area (Å²) in [5.41, 5.74) is 2.66. The van der Waals surface area contributed by atoms with Crippen LogP contribution >= 0.6 is 0 Å². The standard InChI is InChI=1S/C18H21FN6O2/c1-18(2,3)27-17(26)25-8-6-24(7-9-25)16-5-4-13(19)10-15(16)23-22-14(11-20)12-21/h4-5,10,23H,6-9H2,1-3H3. The quantitative estimate of drug-likeness (QED) is 0.646. The summed E-state index contributed by atoms with van der Waals surface area (Å²) in [7, 11) is 0. The van der Waals surface area contributed by atoms with Crippen molar-refractivity contribution in [3.63, 3.8) is 0 Å². The van der Waals surface area contributed by atoms with Crippen LogP contribution in [0.4, 0.5) is 20.6 Å². The molecule has 1 N–H and O–H groups in total. The van der Waals surface area contributed by atoms with Crippen LogP contribution in [0.1, 0.15) is 20.8 Å². The minimum atomic E-state index is -0.556. The number of piperazine rings is 1. The highest BCUT2D eigenvalue weighted by molar-refractivity contribution is 6.10. The van der Waals surface area contributed by atoms with E-state index >= 15 is 0 Å². The van der Waals surface area contributed by atoms with E-state index in [2.05, 4.69) is 10.5 Å². The first-order valence-corrected chi connectivity index (χ1v) is 8.40. The number of nitrogens with zero attached hydrogens (tertiary/aromatic N) is 5. The van der Waals surface area contributed by atoms with Crippen molar-refractivity contribution in [2.45, 2.75) is 26.4 Å². The van der Waals surface area contributed by atoms with Gasteiger partial charge in [0.05, 0.1) is 11.4 Å². The summed E-state index contributed by atoms with van der Waals surface area (Å²) in [6.45, 7) is 7.39. The highest BCUT2D eigenvalue weighted by atomic mass is 19.1. The van der Waals surface area contributed by atoms with Gasteiger partial charge in [-0.1, -0.05) is 0 Å². The number of anilines is 2. The summed E-state index contributed by atoms with van der Waals surface area (Å²) in [5, 5.41) is 21.2. The molecule has 2 rings (SSSR count). The first kappa shape index (κ1) is 20.0.